The first-order valence-electron chi connectivity index (χ1n) is 7.17. The third kappa shape index (κ3) is 3.37. The highest BCUT2D eigenvalue weighted by Crippen LogP contribution is 2.19. The largest absolute Gasteiger partial charge is 0.347 e. The summed E-state index contributed by atoms with van der Waals surface area (Å²) in [6, 6.07) is -0.0924. The molecule has 0 aliphatic carbocycles. The maximum Gasteiger partial charge on any atom is 0.225 e. The summed E-state index contributed by atoms with van der Waals surface area (Å²) in [6.07, 6.45) is 5.94. The highest BCUT2D eigenvalue weighted by molar-refractivity contribution is 5.81. The van der Waals surface area contributed by atoms with Gasteiger partial charge in [0.2, 0.25) is 11.8 Å². The summed E-state index contributed by atoms with van der Waals surface area (Å²) in [6.45, 7) is 4.85. The number of H-pyrrole nitrogens is 1. The van der Waals surface area contributed by atoms with E-state index in [0.29, 0.717) is 6.54 Å². The van der Waals surface area contributed by atoms with Crippen LogP contribution in [0.15, 0.2) is 12.4 Å². The molecule has 0 bridgehead atoms. The Morgan fingerprint density at radius 3 is 3.00 bits per heavy atom. The molecule has 1 aromatic heterocycles. The number of likely N-dealkylation sites (tertiary alicyclic amines) is 1. The SMILES string of the molecule is CCC(NC(=O)C1CCCN(C(C)=O)C1)c1ncc[nH]1. The van der Waals surface area contributed by atoms with Crippen LogP contribution in [0.1, 0.15) is 45.0 Å². The Kier molecular flexibility index (Phi) is 4.76. The summed E-state index contributed by atoms with van der Waals surface area (Å²) in [7, 11) is 0. The molecule has 2 N–H and O–H groups in total. The van der Waals surface area contributed by atoms with Crippen LogP contribution in [0.25, 0.3) is 0 Å². The number of aromatic amines is 1. The number of piperidine rings is 1. The van der Waals surface area contributed by atoms with E-state index < -0.39 is 0 Å². The quantitative estimate of drug-likeness (QED) is 0.869. The second-order valence-electron chi connectivity index (χ2n) is 5.25. The minimum atomic E-state index is -0.114. The molecule has 2 rings (SSSR count). The summed E-state index contributed by atoms with van der Waals surface area (Å²) in [5.41, 5.74) is 0. The molecule has 2 atom stereocenters. The molecule has 6 nitrogen and oxygen atoms in total. The first kappa shape index (κ1) is 14.6. The van der Waals surface area contributed by atoms with Gasteiger partial charge in [-0.2, -0.15) is 0 Å². The Labute approximate surface area is 119 Å². The van der Waals surface area contributed by atoms with Crippen LogP contribution in [-0.2, 0) is 9.59 Å². The number of hydrogen-bond donors (Lipinski definition) is 2. The Bertz CT molecular complexity index is 458. The van der Waals surface area contributed by atoms with E-state index in [1.165, 1.54) is 0 Å². The van der Waals surface area contributed by atoms with Crippen LogP contribution < -0.4 is 5.32 Å². The fraction of sp³-hybridized carbons (Fsp3) is 0.643. The molecule has 20 heavy (non-hydrogen) atoms. The number of rotatable bonds is 4. The monoisotopic (exact) mass is 278 g/mol. The molecule has 0 saturated carbocycles. The van der Waals surface area contributed by atoms with E-state index in [1.807, 2.05) is 6.92 Å². The minimum absolute atomic E-state index is 0.0131. The lowest BCUT2D eigenvalue weighted by atomic mass is 9.96. The number of carbonyl (C=O) groups is 2. The van der Waals surface area contributed by atoms with Gasteiger partial charge >= 0.3 is 0 Å². The van der Waals surface area contributed by atoms with Crippen molar-refractivity contribution in [3.63, 3.8) is 0 Å². The zero-order valence-electron chi connectivity index (χ0n) is 12.1. The molecule has 1 aliphatic rings. The minimum Gasteiger partial charge on any atom is -0.347 e. The van der Waals surface area contributed by atoms with E-state index in [1.54, 1.807) is 24.2 Å². The van der Waals surface area contributed by atoms with Crippen molar-refractivity contribution in [3.05, 3.63) is 18.2 Å². The van der Waals surface area contributed by atoms with Gasteiger partial charge in [0.15, 0.2) is 0 Å². The fourth-order valence-electron chi connectivity index (χ4n) is 2.60. The molecule has 2 amide bonds. The van der Waals surface area contributed by atoms with Crippen molar-refractivity contribution in [1.82, 2.24) is 20.2 Å². The first-order chi connectivity index (χ1) is 9.61. The molecule has 2 heterocycles. The summed E-state index contributed by atoms with van der Waals surface area (Å²) in [4.78, 5) is 32.7. The Balaban J connectivity index is 1.95. The van der Waals surface area contributed by atoms with E-state index in [4.69, 9.17) is 0 Å². The van der Waals surface area contributed by atoms with E-state index in [2.05, 4.69) is 15.3 Å². The van der Waals surface area contributed by atoms with Crippen LogP contribution in [0.4, 0.5) is 0 Å². The Hall–Kier alpha value is -1.85. The predicted molar refractivity (Wildman–Crippen MR) is 74.7 cm³/mol. The van der Waals surface area contributed by atoms with Gasteiger partial charge in [0.05, 0.1) is 12.0 Å². The lowest BCUT2D eigenvalue weighted by Gasteiger charge is -2.32. The number of hydrogen-bond acceptors (Lipinski definition) is 3. The number of amides is 2. The molecule has 1 saturated heterocycles. The third-order valence-electron chi connectivity index (χ3n) is 3.81. The molecular weight excluding hydrogens is 256 g/mol. The van der Waals surface area contributed by atoms with Crippen molar-refractivity contribution in [2.45, 2.75) is 39.2 Å². The number of nitrogens with one attached hydrogen (secondary N) is 2. The lowest BCUT2D eigenvalue weighted by molar-refractivity contribution is -0.134. The van der Waals surface area contributed by atoms with Gasteiger partial charge < -0.3 is 15.2 Å². The Morgan fingerprint density at radius 1 is 1.60 bits per heavy atom. The van der Waals surface area contributed by atoms with Gasteiger partial charge in [-0.3, -0.25) is 9.59 Å². The molecule has 1 aliphatic heterocycles. The molecule has 0 radical (unpaired) electrons. The summed E-state index contributed by atoms with van der Waals surface area (Å²) in [5, 5.41) is 3.03. The molecule has 110 valence electrons. The van der Waals surface area contributed by atoms with Crippen LogP contribution in [0.3, 0.4) is 0 Å². The molecule has 0 aromatic carbocycles. The van der Waals surface area contributed by atoms with Crippen LogP contribution >= 0.6 is 0 Å². The molecule has 1 fully saturated rings. The molecule has 0 spiro atoms. The summed E-state index contributed by atoms with van der Waals surface area (Å²) >= 11 is 0. The van der Waals surface area contributed by atoms with Crippen molar-refractivity contribution in [2.24, 2.45) is 5.92 Å². The average molecular weight is 278 g/mol. The second kappa shape index (κ2) is 6.54. The van der Waals surface area contributed by atoms with E-state index in [-0.39, 0.29) is 23.8 Å². The van der Waals surface area contributed by atoms with Gasteiger partial charge in [-0.25, -0.2) is 4.98 Å². The average Bonchev–Trinajstić information content (AvgIpc) is 2.98. The second-order valence-corrected chi connectivity index (χ2v) is 5.25. The normalized spacial score (nSPS) is 20.5. The zero-order valence-corrected chi connectivity index (χ0v) is 12.1. The molecule has 2 unspecified atom stereocenters. The maximum absolute atomic E-state index is 12.3. The van der Waals surface area contributed by atoms with Crippen molar-refractivity contribution in [3.8, 4) is 0 Å². The number of aromatic nitrogens is 2. The summed E-state index contributed by atoms with van der Waals surface area (Å²) in [5.74, 6) is 0.719. The maximum atomic E-state index is 12.3. The van der Waals surface area contributed by atoms with E-state index in [0.717, 1.165) is 31.6 Å². The van der Waals surface area contributed by atoms with Crippen molar-refractivity contribution < 1.29 is 9.59 Å². The van der Waals surface area contributed by atoms with E-state index >= 15 is 0 Å². The first-order valence-corrected chi connectivity index (χ1v) is 7.17. The highest BCUT2D eigenvalue weighted by atomic mass is 16.2. The predicted octanol–water partition coefficient (Wildman–Crippen LogP) is 1.24. The van der Waals surface area contributed by atoms with Gasteiger partial charge in [-0.15, -0.1) is 0 Å². The number of imidazole rings is 1. The van der Waals surface area contributed by atoms with Crippen LogP contribution in [0.5, 0.6) is 0 Å². The van der Waals surface area contributed by atoms with Gasteiger partial charge in [0.1, 0.15) is 5.82 Å². The van der Waals surface area contributed by atoms with Gasteiger partial charge in [-0.1, -0.05) is 6.92 Å². The van der Waals surface area contributed by atoms with Gasteiger partial charge in [-0.05, 0) is 19.3 Å². The smallest absolute Gasteiger partial charge is 0.225 e. The lowest BCUT2D eigenvalue weighted by Crippen LogP contribution is -2.45. The zero-order chi connectivity index (χ0) is 14.5. The number of nitrogens with zero attached hydrogens (tertiary/aromatic N) is 2. The third-order valence-corrected chi connectivity index (χ3v) is 3.81. The van der Waals surface area contributed by atoms with Crippen LogP contribution in [-0.4, -0.2) is 39.8 Å². The fourth-order valence-corrected chi connectivity index (χ4v) is 2.60. The Morgan fingerprint density at radius 2 is 2.40 bits per heavy atom. The van der Waals surface area contributed by atoms with Gasteiger partial charge in [0.25, 0.3) is 0 Å². The number of carbonyl (C=O) groups excluding carboxylic acids is 2. The van der Waals surface area contributed by atoms with Gasteiger partial charge in [0, 0.05) is 32.4 Å². The van der Waals surface area contributed by atoms with Crippen molar-refractivity contribution in [2.75, 3.05) is 13.1 Å². The highest BCUT2D eigenvalue weighted by Gasteiger charge is 2.28. The molecule has 1 aromatic rings. The van der Waals surface area contributed by atoms with Crippen LogP contribution in [0.2, 0.25) is 0 Å². The van der Waals surface area contributed by atoms with Crippen molar-refractivity contribution >= 4 is 11.8 Å². The topological polar surface area (TPSA) is 78.1 Å². The van der Waals surface area contributed by atoms with Crippen LogP contribution in [0, 0.1) is 5.92 Å². The molecular formula is C14H22N4O2. The summed E-state index contributed by atoms with van der Waals surface area (Å²) < 4.78 is 0. The standard InChI is InChI=1S/C14H22N4O2/c1-3-12(13-15-6-7-16-13)17-14(20)11-5-4-8-18(9-11)10(2)19/h6-7,11-12H,3-5,8-9H2,1-2H3,(H,15,16)(H,17,20). The van der Waals surface area contributed by atoms with E-state index in [9.17, 15) is 9.59 Å². The molecule has 6 heteroatoms. The van der Waals surface area contributed by atoms with Crippen molar-refractivity contribution in [1.29, 1.82) is 0 Å².